The van der Waals surface area contributed by atoms with Gasteiger partial charge in [-0.05, 0) is 37.3 Å². The van der Waals surface area contributed by atoms with Gasteiger partial charge in [0.05, 0.1) is 9.21 Å². The van der Waals surface area contributed by atoms with Crippen LogP contribution in [0.3, 0.4) is 0 Å². The van der Waals surface area contributed by atoms with Crippen molar-refractivity contribution in [3.8, 4) is 0 Å². The predicted octanol–water partition coefficient (Wildman–Crippen LogP) is 4.44. The molecule has 2 heterocycles. The lowest BCUT2D eigenvalue weighted by Gasteiger charge is -2.40. The van der Waals surface area contributed by atoms with Gasteiger partial charge in [0.25, 0.3) is 5.91 Å². The maximum absolute atomic E-state index is 12.5. The number of likely N-dealkylation sites (tertiary alicyclic amines) is 1. The van der Waals surface area contributed by atoms with Crippen LogP contribution in [0.4, 0.5) is 0 Å². The van der Waals surface area contributed by atoms with Crippen LogP contribution in [-0.2, 0) is 0 Å². The summed E-state index contributed by atoms with van der Waals surface area (Å²) in [6, 6.07) is 4.05. The highest BCUT2D eigenvalue weighted by Crippen LogP contribution is 2.30. The van der Waals surface area contributed by atoms with Crippen LogP contribution in [-0.4, -0.2) is 23.4 Å². The smallest absolute Gasteiger partial charge is 0.264 e. The molecule has 0 saturated carbocycles. The highest BCUT2D eigenvalue weighted by atomic mass is 35.5. The maximum Gasteiger partial charge on any atom is 0.264 e. The third kappa shape index (κ3) is 2.89. The van der Waals surface area contributed by atoms with Crippen LogP contribution in [0, 0.1) is 5.92 Å². The van der Waals surface area contributed by atoms with E-state index >= 15 is 0 Å². The number of hydrogen-bond donors (Lipinski definition) is 0. The molecule has 0 aliphatic carbocycles. The fraction of sp³-hybridized carbons (Fsp3) is 0.643. The Morgan fingerprint density at radius 1 is 1.56 bits per heavy atom. The number of nitrogens with zero attached hydrogens (tertiary/aromatic N) is 1. The minimum absolute atomic E-state index is 0.164. The first kappa shape index (κ1) is 13.9. The first-order valence-electron chi connectivity index (χ1n) is 6.69. The highest BCUT2D eigenvalue weighted by molar-refractivity contribution is 7.17. The van der Waals surface area contributed by atoms with Crippen molar-refractivity contribution < 1.29 is 4.79 Å². The standard InChI is InChI=1S/C14H20ClNOS/c1-3-5-11-10(2)6-4-9-16(11)14(17)12-7-8-13(15)18-12/h7-8,10-11H,3-6,9H2,1-2H3/t10-,11-/m0/s1. The molecule has 0 radical (unpaired) electrons. The molecule has 0 N–H and O–H groups in total. The third-order valence-electron chi connectivity index (χ3n) is 3.74. The van der Waals surface area contributed by atoms with E-state index in [0.29, 0.717) is 16.3 Å². The van der Waals surface area contributed by atoms with E-state index in [4.69, 9.17) is 11.6 Å². The summed E-state index contributed by atoms with van der Waals surface area (Å²) >= 11 is 7.30. The largest absolute Gasteiger partial charge is 0.335 e. The number of carbonyl (C=O) groups excluding carboxylic acids is 1. The summed E-state index contributed by atoms with van der Waals surface area (Å²) in [4.78, 5) is 15.4. The van der Waals surface area contributed by atoms with E-state index in [0.717, 1.165) is 30.7 Å². The van der Waals surface area contributed by atoms with E-state index in [1.54, 1.807) is 0 Å². The lowest BCUT2D eigenvalue weighted by molar-refractivity contribution is 0.0502. The van der Waals surface area contributed by atoms with Gasteiger partial charge in [-0.25, -0.2) is 0 Å². The van der Waals surface area contributed by atoms with Gasteiger partial charge in [-0.2, -0.15) is 0 Å². The number of carbonyl (C=O) groups is 1. The maximum atomic E-state index is 12.5. The zero-order valence-electron chi connectivity index (χ0n) is 11.0. The molecule has 2 rings (SSSR count). The Bertz CT molecular complexity index is 418. The summed E-state index contributed by atoms with van der Waals surface area (Å²) < 4.78 is 0.690. The van der Waals surface area contributed by atoms with E-state index in [9.17, 15) is 4.79 Å². The molecule has 1 saturated heterocycles. The van der Waals surface area contributed by atoms with Gasteiger partial charge in [0, 0.05) is 12.6 Å². The van der Waals surface area contributed by atoms with Crippen LogP contribution in [0.5, 0.6) is 0 Å². The third-order valence-corrected chi connectivity index (χ3v) is 4.96. The molecule has 1 fully saturated rings. The van der Waals surface area contributed by atoms with Gasteiger partial charge in [0.15, 0.2) is 0 Å². The molecule has 18 heavy (non-hydrogen) atoms. The average Bonchev–Trinajstić information content (AvgIpc) is 2.78. The molecule has 1 aliphatic rings. The molecular weight excluding hydrogens is 266 g/mol. The SMILES string of the molecule is CCC[C@H]1[C@@H](C)CCCN1C(=O)c1ccc(Cl)s1. The van der Waals surface area contributed by atoms with Gasteiger partial charge in [-0.15, -0.1) is 11.3 Å². The fourth-order valence-corrected chi connectivity index (χ4v) is 3.81. The van der Waals surface area contributed by atoms with Crippen molar-refractivity contribution in [3.63, 3.8) is 0 Å². The molecule has 0 bridgehead atoms. The van der Waals surface area contributed by atoms with Crippen LogP contribution >= 0.6 is 22.9 Å². The first-order chi connectivity index (χ1) is 8.63. The number of amides is 1. The molecule has 1 aliphatic heterocycles. The summed E-state index contributed by atoms with van der Waals surface area (Å²) in [5.74, 6) is 0.773. The molecule has 2 nitrogen and oxygen atoms in total. The summed E-state index contributed by atoms with van der Waals surface area (Å²) in [5, 5.41) is 0. The number of piperidine rings is 1. The molecule has 0 unspecified atom stereocenters. The van der Waals surface area contributed by atoms with Crippen molar-refractivity contribution in [2.75, 3.05) is 6.54 Å². The van der Waals surface area contributed by atoms with Gasteiger partial charge in [-0.1, -0.05) is 31.9 Å². The Morgan fingerprint density at radius 3 is 2.94 bits per heavy atom. The summed E-state index contributed by atoms with van der Waals surface area (Å²) in [5.41, 5.74) is 0. The Balaban J connectivity index is 2.16. The number of halogens is 1. The molecule has 0 spiro atoms. The lowest BCUT2D eigenvalue weighted by atomic mass is 9.88. The second kappa shape index (κ2) is 6.07. The normalized spacial score (nSPS) is 24.3. The Morgan fingerprint density at radius 2 is 2.33 bits per heavy atom. The molecule has 1 amide bonds. The molecule has 1 aromatic heterocycles. The predicted molar refractivity (Wildman–Crippen MR) is 77.5 cm³/mol. The van der Waals surface area contributed by atoms with E-state index in [-0.39, 0.29) is 5.91 Å². The monoisotopic (exact) mass is 285 g/mol. The van der Waals surface area contributed by atoms with Crippen LogP contribution < -0.4 is 0 Å². The van der Waals surface area contributed by atoms with E-state index < -0.39 is 0 Å². The van der Waals surface area contributed by atoms with Gasteiger partial charge >= 0.3 is 0 Å². The second-order valence-corrected chi connectivity index (χ2v) is 6.79. The highest BCUT2D eigenvalue weighted by Gasteiger charge is 2.32. The zero-order valence-corrected chi connectivity index (χ0v) is 12.6. The fourth-order valence-electron chi connectivity index (χ4n) is 2.81. The molecule has 1 aromatic rings. The minimum atomic E-state index is 0.164. The van der Waals surface area contributed by atoms with Gasteiger partial charge in [0.2, 0.25) is 0 Å². The van der Waals surface area contributed by atoms with Crippen LogP contribution in [0.1, 0.15) is 49.2 Å². The van der Waals surface area contributed by atoms with Gasteiger partial charge in [-0.3, -0.25) is 4.79 Å². The number of thiophene rings is 1. The Labute approximate surface area is 118 Å². The summed E-state index contributed by atoms with van der Waals surface area (Å²) in [7, 11) is 0. The van der Waals surface area contributed by atoms with Crippen molar-refractivity contribution in [2.24, 2.45) is 5.92 Å². The van der Waals surface area contributed by atoms with Crippen LogP contribution in [0.2, 0.25) is 4.34 Å². The summed E-state index contributed by atoms with van der Waals surface area (Å²) in [6.45, 7) is 5.34. The number of rotatable bonds is 3. The van der Waals surface area contributed by atoms with E-state index in [1.165, 1.54) is 17.8 Å². The Kier molecular flexibility index (Phi) is 4.68. The van der Waals surface area contributed by atoms with Gasteiger partial charge in [0.1, 0.15) is 0 Å². The van der Waals surface area contributed by atoms with Crippen molar-refractivity contribution >= 4 is 28.8 Å². The van der Waals surface area contributed by atoms with Crippen molar-refractivity contribution in [3.05, 3.63) is 21.3 Å². The molecule has 0 aromatic carbocycles. The number of hydrogen-bond acceptors (Lipinski definition) is 2. The summed E-state index contributed by atoms with van der Waals surface area (Å²) in [6.07, 6.45) is 4.59. The molecular formula is C14H20ClNOS. The second-order valence-electron chi connectivity index (χ2n) is 5.08. The lowest BCUT2D eigenvalue weighted by Crippen LogP contribution is -2.47. The molecule has 100 valence electrons. The molecule has 2 atom stereocenters. The van der Waals surface area contributed by atoms with Crippen molar-refractivity contribution in [1.29, 1.82) is 0 Å². The van der Waals surface area contributed by atoms with Crippen LogP contribution in [0.15, 0.2) is 12.1 Å². The van der Waals surface area contributed by atoms with Crippen LogP contribution in [0.25, 0.3) is 0 Å². The molecule has 4 heteroatoms. The van der Waals surface area contributed by atoms with Crippen molar-refractivity contribution in [1.82, 2.24) is 4.90 Å². The Hall–Kier alpha value is -0.540. The van der Waals surface area contributed by atoms with Gasteiger partial charge < -0.3 is 4.90 Å². The average molecular weight is 286 g/mol. The van der Waals surface area contributed by atoms with E-state index in [2.05, 4.69) is 18.7 Å². The zero-order chi connectivity index (χ0) is 13.1. The minimum Gasteiger partial charge on any atom is -0.335 e. The van der Waals surface area contributed by atoms with E-state index in [1.807, 2.05) is 12.1 Å². The van der Waals surface area contributed by atoms with Crippen molar-refractivity contribution in [2.45, 2.75) is 45.6 Å². The topological polar surface area (TPSA) is 20.3 Å². The first-order valence-corrected chi connectivity index (χ1v) is 7.89. The quantitative estimate of drug-likeness (QED) is 0.804.